The minimum atomic E-state index is 0.0443. The van der Waals surface area contributed by atoms with Gasteiger partial charge in [0.2, 0.25) is 5.91 Å². The number of hydrogen-bond donors (Lipinski definition) is 1. The average molecular weight is 254 g/mol. The van der Waals surface area contributed by atoms with Gasteiger partial charge in [0.05, 0.1) is 6.04 Å². The maximum Gasteiger partial charge on any atom is 0.217 e. The zero-order chi connectivity index (χ0) is 10.1. The standard InChI is InChI=1S/C11H12BrNO/c1-7(14)13-11-5-3-8-2-4-9(12)6-10(8)11/h2,4,6,11H,3,5H2,1H3,(H,13,14). The number of rotatable bonds is 1. The summed E-state index contributed by atoms with van der Waals surface area (Å²) in [5.41, 5.74) is 2.61. The first-order chi connectivity index (χ1) is 6.66. The van der Waals surface area contributed by atoms with Crippen molar-refractivity contribution in [1.29, 1.82) is 0 Å². The van der Waals surface area contributed by atoms with Crippen molar-refractivity contribution in [1.82, 2.24) is 5.32 Å². The third-order valence-electron chi connectivity index (χ3n) is 2.56. The third kappa shape index (κ3) is 1.82. The molecule has 1 aromatic rings. The van der Waals surface area contributed by atoms with Gasteiger partial charge in [-0.15, -0.1) is 0 Å². The number of nitrogens with one attached hydrogen (secondary N) is 1. The summed E-state index contributed by atoms with van der Waals surface area (Å²) in [6.07, 6.45) is 2.08. The molecule has 0 fully saturated rings. The fraction of sp³-hybridized carbons (Fsp3) is 0.364. The molecule has 0 radical (unpaired) electrons. The van der Waals surface area contributed by atoms with E-state index in [1.807, 2.05) is 0 Å². The van der Waals surface area contributed by atoms with Crippen LogP contribution in [-0.2, 0) is 11.2 Å². The Kier molecular flexibility index (Phi) is 2.59. The van der Waals surface area contributed by atoms with Gasteiger partial charge in [0.25, 0.3) is 0 Å². The summed E-state index contributed by atoms with van der Waals surface area (Å²) < 4.78 is 1.08. The second kappa shape index (κ2) is 3.73. The Labute approximate surface area is 91.8 Å². The zero-order valence-electron chi connectivity index (χ0n) is 8.01. The predicted molar refractivity (Wildman–Crippen MR) is 59.0 cm³/mol. The van der Waals surface area contributed by atoms with Crippen LogP contribution in [0, 0.1) is 0 Å². The maximum absolute atomic E-state index is 11.0. The van der Waals surface area contributed by atoms with Gasteiger partial charge in [-0.3, -0.25) is 4.79 Å². The number of benzene rings is 1. The first-order valence-corrected chi connectivity index (χ1v) is 5.51. The van der Waals surface area contributed by atoms with E-state index in [-0.39, 0.29) is 11.9 Å². The Morgan fingerprint density at radius 2 is 2.36 bits per heavy atom. The molecule has 1 aliphatic rings. The second-order valence-electron chi connectivity index (χ2n) is 3.63. The molecule has 14 heavy (non-hydrogen) atoms. The minimum Gasteiger partial charge on any atom is -0.350 e. The van der Waals surface area contributed by atoms with Crippen LogP contribution in [0.25, 0.3) is 0 Å². The molecule has 0 aliphatic heterocycles. The van der Waals surface area contributed by atoms with Crippen LogP contribution in [0.4, 0.5) is 0 Å². The molecule has 1 amide bonds. The molecule has 1 aromatic carbocycles. The lowest BCUT2D eigenvalue weighted by Gasteiger charge is -2.12. The molecule has 0 heterocycles. The molecule has 3 heteroatoms. The quantitative estimate of drug-likeness (QED) is 0.819. The Hall–Kier alpha value is -0.830. The summed E-state index contributed by atoms with van der Waals surface area (Å²) >= 11 is 3.45. The van der Waals surface area contributed by atoms with Crippen LogP contribution < -0.4 is 5.32 Å². The molecule has 0 spiro atoms. The molecule has 0 saturated heterocycles. The van der Waals surface area contributed by atoms with Crippen LogP contribution in [-0.4, -0.2) is 5.91 Å². The van der Waals surface area contributed by atoms with Gasteiger partial charge in [-0.05, 0) is 36.1 Å². The van der Waals surface area contributed by atoms with Crippen LogP contribution in [0.15, 0.2) is 22.7 Å². The van der Waals surface area contributed by atoms with Crippen molar-refractivity contribution in [3.8, 4) is 0 Å². The second-order valence-corrected chi connectivity index (χ2v) is 4.55. The molecule has 1 N–H and O–H groups in total. The van der Waals surface area contributed by atoms with E-state index in [0.717, 1.165) is 17.3 Å². The fourth-order valence-corrected chi connectivity index (χ4v) is 2.35. The van der Waals surface area contributed by atoms with Crippen molar-refractivity contribution in [2.45, 2.75) is 25.8 Å². The highest BCUT2D eigenvalue weighted by Crippen LogP contribution is 2.32. The zero-order valence-corrected chi connectivity index (χ0v) is 9.60. The molecule has 74 valence electrons. The summed E-state index contributed by atoms with van der Waals surface area (Å²) in [5.74, 6) is 0.0443. The third-order valence-corrected chi connectivity index (χ3v) is 3.06. The number of fused-ring (bicyclic) bond motifs is 1. The lowest BCUT2D eigenvalue weighted by atomic mass is 10.1. The van der Waals surface area contributed by atoms with Gasteiger partial charge in [-0.1, -0.05) is 22.0 Å². The predicted octanol–water partition coefficient (Wildman–Crippen LogP) is 2.57. The molecular weight excluding hydrogens is 242 g/mol. The van der Waals surface area contributed by atoms with E-state index in [9.17, 15) is 4.79 Å². The molecular formula is C11H12BrNO. The average Bonchev–Trinajstić information content (AvgIpc) is 2.47. The Morgan fingerprint density at radius 1 is 1.57 bits per heavy atom. The molecule has 1 atom stereocenters. The van der Waals surface area contributed by atoms with Crippen LogP contribution in [0.5, 0.6) is 0 Å². The Bertz CT molecular complexity index is 376. The summed E-state index contributed by atoms with van der Waals surface area (Å²) in [6, 6.07) is 6.49. The van der Waals surface area contributed by atoms with Crippen LogP contribution in [0.3, 0.4) is 0 Å². The van der Waals surface area contributed by atoms with E-state index >= 15 is 0 Å². The van der Waals surface area contributed by atoms with Crippen molar-refractivity contribution in [3.63, 3.8) is 0 Å². The summed E-state index contributed by atoms with van der Waals surface area (Å²) in [4.78, 5) is 11.0. The van der Waals surface area contributed by atoms with E-state index in [2.05, 4.69) is 39.4 Å². The van der Waals surface area contributed by atoms with Crippen molar-refractivity contribution < 1.29 is 4.79 Å². The van der Waals surface area contributed by atoms with E-state index in [1.165, 1.54) is 11.1 Å². The van der Waals surface area contributed by atoms with Gasteiger partial charge in [0, 0.05) is 11.4 Å². The van der Waals surface area contributed by atoms with Crippen LogP contribution in [0.1, 0.15) is 30.5 Å². The van der Waals surface area contributed by atoms with Gasteiger partial charge in [0.15, 0.2) is 0 Å². The largest absolute Gasteiger partial charge is 0.350 e. The smallest absolute Gasteiger partial charge is 0.217 e. The summed E-state index contributed by atoms with van der Waals surface area (Å²) in [5, 5.41) is 2.97. The molecule has 0 saturated carbocycles. The van der Waals surface area contributed by atoms with Crippen LogP contribution >= 0.6 is 15.9 Å². The van der Waals surface area contributed by atoms with Crippen molar-refractivity contribution in [2.75, 3.05) is 0 Å². The highest BCUT2D eigenvalue weighted by atomic mass is 79.9. The van der Waals surface area contributed by atoms with Gasteiger partial charge >= 0.3 is 0 Å². The van der Waals surface area contributed by atoms with E-state index in [4.69, 9.17) is 0 Å². The minimum absolute atomic E-state index is 0.0443. The van der Waals surface area contributed by atoms with E-state index < -0.39 is 0 Å². The van der Waals surface area contributed by atoms with E-state index in [1.54, 1.807) is 6.92 Å². The summed E-state index contributed by atoms with van der Waals surface area (Å²) in [7, 11) is 0. The monoisotopic (exact) mass is 253 g/mol. The fourth-order valence-electron chi connectivity index (χ4n) is 1.97. The molecule has 0 bridgehead atoms. The number of amides is 1. The lowest BCUT2D eigenvalue weighted by molar-refractivity contribution is -0.119. The number of aryl methyl sites for hydroxylation is 1. The summed E-state index contributed by atoms with van der Waals surface area (Å²) in [6.45, 7) is 1.57. The first kappa shape index (κ1) is 9.71. The molecule has 0 aromatic heterocycles. The topological polar surface area (TPSA) is 29.1 Å². The molecule has 2 rings (SSSR count). The van der Waals surface area contributed by atoms with Crippen LogP contribution in [0.2, 0.25) is 0 Å². The van der Waals surface area contributed by atoms with Crippen molar-refractivity contribution in [3.05, 3.63) is 33.8 Å². The van der Waals surface area contributed by atoms with Crippen molar-refractivity contribution in [2.24, 2.45) is 0 Å². The van der Waals surface area contributed by atoms with E-state index in [0.29, 0.717) is 0 Å². The number of halogens is 1. The Morgan fingerprint density at radius 3 is 3.07 bits per heavy atom. The number of carbonyl (C=O) groups is 1. The molecule has 1 unspecified atom stereocenters. The van der Waals surface area contributed by atoms with Gasteiger partial charge in [-0.25, -0.2) is 0 Å². The SMILES string of the molecule is CC(=O)NC1CCc2ccc(Br)cc21. The molecule has 2 nitrogen and oxygen atoms in total. The maximum atomic E-state index is 11.0. The van der Waals surface area contributed by atoms with Gasteiger partial charge in [-0.2, -0.15) is 0 Å². The first-order valence-electron chi connectivity index (χ1n) is 4.72. The highest BCUT2D eigenvalue weighted by Gasteiger charge is 2.22. The highest BCUT2D eigenvalue weighted by molar-refractivity contribution is 9.10. The van der Waals surface area contributed by atoms with Gasteiger partial charge in [0.1, 0.15) is 0 Å². The van der Waals surface area contributed by atoms with Gasteiger partial charge < -0.3 is 5.32 Å². The molecule has 1 aliphatic carbocycles. The number of carbonyl (C=O) groups excluding carboxylic acids is 1. The normalized spacial score (nSPS) is 19.1. The lowest BCUT2D eigenvalue weighted by Crippen LogP contribution is -2.24. The van der Waals surface area contributed by atoms with Crippen molar-refractivity contribution >= 4 is 21.8 Å². The number of hydrogen-bond acceptors (Lipinski definition) is 1. The Balaban J connectivity index is 2.28.